The standard InChI is InChI=1S/C22H31N3O5S/c1-2-25-20-9-8-18(31(27,28)24-10-12-29-13-11-24)15-19(20)23-21(25)16-30-22(26)14-17-6-4-3-5-7-17/h8-9,15,17H,2-7,10-14,16H2,1H3. The van der Waals surface area contributed by atoms with Crippen LogP contribution in [0.5, 0.6) is 0 Å². The van der Waals surface area contributed by atoms with Crippen molar-refractivity contribution < 1.29 is 22.7 Å². The largest absolute Gasteiger partial charge is 0.457 e. The second-order valence-electron chi connectivity index (χ2n) is 8.31. The number of fused-ring (bicyclic) bond motifs is 1. The van der Waals surface area contributed by atoms with Crippen LogP contribution in [0.15, 0.2) is 23.1 Å². The zero-order valence-electron chi connectivity index (χ0n) is 18.1. The molecule has 170 valence electrons. The van der Waals surface area contributed by atoms with Gasteiger partial charge in [-0.05, 0) is 43.9 Å². The maximum Gasteiger partial charge on any atom is 0.306 e. The lowest BCUT2D eigenvalue weighted by molar-refractivity contribution is -0.146. The van der Waals surface area contributed by atoms with Gasteiger partial charge in [-0.1, -0.05) is 19.3 Å². The minimum absolute atomic E-state index is 0.0968. The number of esters is 1. The molecule has 1 saturated carbocycles. The Labute approximate surface area is 183 Å². The van der Waals surface area contributed by atoms with Crippen molar-refractivity contribution in [3.63, 3.8) is 0 Å². The van der Waals surface area contributed by atoms with Gasteiger partial charge in [0.15, 0.2) is 0 Å². The van der Waals surface area contributed by atoms with Gasteiger partial charge in [0.25, 0.3) is 0 Å². The van der Waals surface area contributed by atoms with E-state index in [4.69, 9.17) is 9.47 Å². The summed E-state index contributed by atoms with van der Waals surface area (Å²) in [5.41, 5.74) is 1.43. The van der Waals surface area contributed by atoms with Gasteiger partial charge in [0, 0.05) is 26.1 Å². The predicted octanol–water partition coefficient (Wildman–Crippen LogP) is 3.09. The Morgan fingerprint density at radius 1 is 1.19 bits per heavy atom. The van der Waals surface area contributed by atoms with Crippen LogP contribution in [0.4, 0.5) is 0 Å². The molecule has 2 aromatic rings. The normalized spacial score (nSPS) is 19.0. The van der Waals surface area contributed by atoms with Crippen molar-refractivity contribution in [2.75, 3.05) is 26.3 Å². The topological polar surface area (TPSA) is 90.7 Å². The summed E-state index contributed by atoms with van der Waals surface area (Å²) in [6, 6.07) is 5.02. The number of sulfonamides is 1. The summed E-state index contributed by atoms with van der Waals surface area (Å²) < 4.78 is 40.1. The molecule has 2 fully saturated rings. The molecular formula is C22H31N3O5S. The number of hydrogen-bond donors (Lipinski definition) is 0. The smallest absolute Gasteiger partial charge is 0.306 e. The average Bonchev–Trinajstić information content (AvgIpc) is 3.15. The van der Waals surface area contributed by atoms with Crippen molar-refractivity contribution in [2.24, 2.45) is 5.92 Å². The summed E-state index contributed by atoms with van der Waals surface area (Å²) in [6.07, 6.45) is 6.31. The third-order valence-corrected chi connectivity index (χ3v) is 8.16. The molecule has 1 saturated heterocycles. The molecule has 1 aromatic heterocycles. The summed E-state index contributed by atoms with van der Waals surface area (Å²) >= 11 is 0. The third-order valence-electron chi connectivity index (χ3n) is 6.27. The highest BCUT2D eigenvalue weighted by molar-refractivity contribution is 7.89. The summed E-state index contributed by atoms with van der Waals surface area (Å²) in [7, 11) is -3.59. The lowest BCUT2D eigenvalue weighted by atomic mass is 9.87. The van der Waals surface area contributed by atoms with Crippen molar-refractivity contribution in [1.82, 2.24) is 13.9 Å². The van der Waals surface area contributed by atoms with Crippen LogP contribution < -0.4 is 0 Å². The molecule has 9 heteroatoms. The zero-order valence-corrected chi connectivity index (χ0v) is 18.9. The number of rotatable bonds is 7. The number of morpholine rings is 1. The molecule has 0 bridgehead atoms. The number of aryl methyl sites for hydroxylation is 1. The maximum atomic E-state index is 13.0. The number of benzene rings is 1. The first-order chi connectivity index (χ1) is 15.0. The van der Waals surface area contributed by atoms with Crippen molar-refractivity contribution >= 4 is 27.0 Å². The first-order valence-corrected chi connectivity index (χ1v) is 12.7. The second kappa shape index (κ2) is 9.67. The Morgan fingerprint density at radius 2 is 1.94 bits per heavy atom. The molecule has 0 N–H and O–H groups in total. The number of carbonyl (C=O) groups is 1. The Balaban J connectivity index is 1.49. The molecule has 2 heterocycles. The molecule has 2 aliphatic rings. The molecule has 0 radical (unpaired) electrons. The number of hydrogen-bond acceptors (Lipinski definition) is 6. The number of imidazole rings is 1. The molecule has 8 nitrogen and oxygen atoms in total. The van der Waals surface area contributed by atoms with Gasteiger partial charge in [-0.15, -0.1) is 0 Å². The second-order valence-corrected chi connectivity index (χ2v) is 10.2. The maximum absolute atomic E-state index is 13.0. The van der Waals surface area contributed by atoms with E-state index in [-0.39, 0.29) is 17.5 Å². The van der Waals surface area contributed by atoms with Crippen LogP contribution in [-0.4, -0.2) is 54.5 Å². The highest BCUT2D eigenvalue weighted by Crippen LogP contribution is 2.27. The van der Waals surface area contributed by atoms with E-state index >= 15 is 0 Å². The van der Waals surface area contributed by atoms with E-state index in [0.717, 1.165) is 18.4 Å². The lowest BCUT2D eigenvalue weighted by Crippen LogP contribution is -2.40. The van der Waals surface area contributed by atoms with Crippen molar-refractivity contribution in [3.05, 3.63) is 24.0 Å². The van der Waals surface area contributed by atoms with Crippen molar-refractivity contribution in [3.8, 4) is 0 Å². The lowest BCUT2D eigenvalue weighted by Gasteiger charge is -2.26. The quantitative estimate of drug-likeness (QED) is 0.604. The highest BCUT2D eigenvalue weighted by Gasteiger charge is 2.27. The molecule has 0 spiro atoms. The van der Waals surface area contributed by atoms with E-state index in [1.165, 1.54) is 23.6 Å². The Morgan fingerprint density at radius 3 is 2.65 bits per heavy atom. The van der Waals surface area contributed by atoms with Crippen LogP contribution in [-0.2, 0) is 37.4 Å². The first-order valence-electron chi connectivity index (χ1n) is 11.2. The number of carbonyl (C=O) groups excluding carboxylic acids is 1. The van der Waals surface area contributed by atoms with E-state index in [2.05, 4.69) is 4.98 Å². The van der Waals surface area contributed by atoms with Gasteiger partial charge in [-0.25, -0.2) is 13.4 Å². The van der Waals surface area contributed by atoms with Gasteiger partial charge in [0.05, 0.1) is 29.1 Å². The number of ether oxygens (including phenoxy) is 2. The average molecular weight is 450 g/mol. The molecule has 1 aromatic carbocycles. The monoisotopic (exact) mass is 449 g/mol. The van der Waals surface area contributed by atoms with E-state index in [1.54, 1.807) is 18.2 Å². The van der Waals surface area contributed by atoms with Crippen molar-refractivity contribution in [1.29, 1.82) is 0 Å². The van der Waals surface area contributed by atoms with Crippen LogP contribution in [0.25, 0.3) is 11.0 Å². The zero-order chi connectivity index (χ0) is 21.8. The van der Waals surface area contributed by atoms with Gasteiger partial charge < -0.3 is 14.0 Å². The molecule has 4 rings (SSSR count). The number of nitrogens with zero attached hydrogens (tertiary/aromatic N) is 3. The van der Waals surface area contributed by atoms with E-state index in [9.17, 15) is 13.2 Å². The van der Waals surface area contributed by atoms with Gasteiger partial charge in [0.2, 0.25) is 10.0 Å². The molecule has 0 atom stereocenters. The van der Waals surface area contributed by atoms with Gasteiger partial charge in [-0.3, -0.25) is 4.79 Å². The minimum Gasteiger partial charge on any atom is -0.457 e. The van der Waals surface area contributed by atoms with Gasteiger partial charge >= 0.3 is 5.97 Å². The van der Waals surface area contributed by atoms with Crippen LogP contribution in [0, 0.1) is 5.92 Å². The molecule has 31 heavy (non-hydrogen) atoms. The molecule has 1 aliphatic carbocycles. The van der Waals surface area contributed by atoms with Gasteiger partial charge in [-0.2, -0.15) is 4.31 Å². The molecule has 1 aliphatic heterocycles. The fourth-order valence-corrected chi connectivity index (χ4v) is 5.98. The summed E-state index contributed by atoms with van der Waals surface area (Å²) in [6.45, 7) is 4.26. The molecular weight excluding hydrogens is 418 g/mol. The summed E-state index contributed by atoms with van der Waals surface area (Å²) in [5.74, 6) is 0.881. The fourth-order valence-electron chi connectivity index (χ4n) is 4.55. The molecule has 0 unspecified atom stereocenters. The van der Waals surface area contributed by atoms with E-state index in [1.807, 2.05) is 11.5 Å². The predicted molar refractivity (Wildman–Crippen MR) is 116 cm³/mol. The Hall–Kier alpha value is -1.97. The summed E-state index contributed by atoms with van der Waals surface area (Å²) in [4.78, 5) is 17.1. The van der Waals surface area contributed by atoms with E-state index in [0.29, 0.717) is 56.5 Å². The SMILES string of the molecule is CCn1c(COC(=O)CC2CCCCC2)nc2cc(S(=O)(=O)N3CCOCC3)ccc21. The molecule has 0 amide bonds. The number of aromatic nitrogens is 2. The van der Waals surface area contributed by atoms with Crippen LogP contribution in [0.1, 0.15) is 51.3 Å². The first kappa shape index (κ1) is 22.2. The van der Waals surface area contributed by atoms with Crippen molar-refractivity contribution in [2.45, 2.75) is 63.5 Å². The highest BCUT2D eigenvalue weighted by atomic mass is 32.2. The fraction of sp³-hybridized carbons (Fsp3) is 0.636. The third kappa shape index (κ3) is 4.94. The minimum atomic E-state index is -3.59. The van der Waals surface area contributed by atoms with E-state index < -0.39 is 10.0 Å². The summed E-state index contributed by atoms with van der Waals surface area (Å²) in [5, 5.41) is 0. The van der Waals surface area contributed by atoms with Crippen LogP contribution in [0.2, 0.25) is 0 Å². The Bertz CT molecular complexity index is 1020. The van der Waals surface area contributed by atoms with Crippen LogP contribution >= 0.6 is 0 Å². The van der Waals surface area contributed by atoms with Crippen LogP contribution in [0.3, 0.4) is 0 Å². The van der Waals surface area contributed by atoms with Gasteiger partial charge in [0.1, 0.15) is 12.4 Å². The Kier molecular flexibility index (Phi) is 6.93.